The van der Waals surface area contributed by atoms with Gasteiger partial charge in [-0.3, -0.25) is 11.3 Å². The first-order chi connectivity index (χ1) is 10.0. The smallest absolute Gasteiger partial charge is 0.122 e. The minimum absolute atomic E-state index is 0.0911. The van der Waals surface area contributed by atoms with Gasteiger partial charge in [-0.15, -0.1) is 0 Å². The van der Waals surface area contributed by atoms with Gasteiger partial charge in [-0.25, -0.2) is 0 Å². The van der Waals surface area contributed by atoms with Crippen LogP contribution < -0.4 is 16.0 Å². The topological polar surface area (TPSA) is 73.1 Å². The molecule has 1 atom stereocenters. The van der Waals surface area contributed by atoms with Crippen molar-refractivity contribution < 1.29 is 4.74 Å². The van der Waals surface area contributed by atoms with Gasteiger partial charge in [0.15, 0.2) is 0 Å². The van der Waals surface area contributed by atoms with Crippen LogP contribution >= 0.6 is 11.6 Å². The van der Waals surface area contributed by atoms with E-state index in [9.17, 15) is 0 Å². The lowest BCUT2D eigenvalue weighted by molar-refractivity contribution is 0.405. The average Bonchev–Trinajstić information content (AvgIpc) is 2.47. The van der Waals surface area contributed by atoms with E-state index in [1.165, 1.54) is 0 Å². The van der Waals surface area contributed by atoms with Crippen molar-refractivity contribution in [1.82, 2.24) is 15.6 Å². The highest BCUT2D eigenvalue weighted by Gasteiger charge is 2.17. The Hall–Kier alpha value is -1.69. The Kier molecular flexibility index (Phi) is 5.12. The number of ether oxygens (including phenoxy) is 1. The summed E-state index contributed by atoms with van der Waals surface area (Å²) in [7, 11) is 1.64. The fourth-order valence-electron chi connectivity index (χ4n) is 2.31. The maximum atomic E-state index is 6.07. The summed E-state index contributed by atoms with van der Waals surface area (Å²) in [5, 5.41) is 8.86. The number of nitrogens with one attached hydrogen (secondary N) is 1. The number of hydrazine groups is 1. The van der Waals surface area contributed by atoms with E-state index in [4.69, 9.17) is 22.2 Å². The van der Waals surface area contributed by atoms with Crippen LogP contribution in [0, 0.1) is 13.8 Å². The molecule has 2 aromatic rings. The van der Waals surface area contributed by atoms with E-state index in [0.717, 1.165) is 28.3 Å². The summed E-state index contributed by atoms with van der Waals surface area (Å²) in [4.78, 5) is 0. The van der Waals surface area contributed by atoms with Crippen LogP contribution in [0.2, 0.25) is 5.02 Å². The van der Waals surface area contributed by atoms with Crippen molar-refractivity contribution in [1.29, 1.82) is 0 Å². The van der Waals surface area contributed by atoms with Gasteiger partial charge in [-0.05, 0) is 55.7 Å². The third-order valence-corrected chi connectivity index (χ3v) is 3.62. The van der Waals surface area contributed by atoms with Gasteiger partial charge in [0.1, 0.15) is 5.75 Å². The van der Waals surface area contributed by atoms with Crippen molar-refractivity contribution in [3.05, 3.63) is 51.8 Å². The molecule has 0 aliphatic carbocycles. The summed E-state index contributed by atoms with van der Waals surface area (Å²) in [6, 6.07) is 7.45. The molecule has 1 unspecified atom stereocenters. The van der Waals surface area contributed by atoms with Crippen molar-refractivity contribution >= 4 is 11.6 Å². The van der Waals surface area contributed by atoms with Gasteiger partial charge in [0.25, 0.3) is 0 Å². The number of nitrogens with zero attached hydrogens (tertiary/aromatic N) is 2. The molecule has 2 rings (SSSR count). The van der Waals surface area contributed by atoms with Crippen molar-refractivity contribution in [2.75, 3.05) is 7.11 Å². The van der Waals surface area contributed by atoms with Gasteiger partial charge in [-0.1, -0.05) is 11.6 Å². The van der Waals surface area contributed by atoms with Gasteiger partial charge in [-0.2, -0.15) is 10.2 Å². The molecular weight excluding hydrogens is 288 g/mol. The quantitative estimate of drug-likeness (QED) is 0.656. The van der Waals surface area contributed by atoms with E-state index in [0.29, 0.717) is 11.4 Å². The highest BCUT2D eigenvalue weighted by Crippen LogP contribution is 2.28. The third kappa shape index (κ3) is 3.69. The molecule has 0 fully saturated rings. The van der Waals surface area contributed by atoms with Crippen molar-refractivity contribution in [2.45, 2.75) is 26.3 Å². The molecule has 5 nitrogen and oxygen atoms in total. The zero-order chi connectivity index (χ0) is 15.4. The Morgan fingerprint density at radius 2 is 2.05 bits per heavy atom. The summed E-state index contributed by atoms with van der Waals surface area (Å²) < 4.78 is 5.38. The minimum atomic E-state index is -0.0911. The second-order valence-corrected chi connectivity index (χ2v) is 5.34. The highest BCUT2D eigenvalue weighted by molar-refractivity contribution is 6.30. The van der Waals surface area contributed by atoms with Crippen molar-refractivity contribution in [2.24, 2.45) is 5.84 Å². The van der Waals surface area contributed by atoms with Crippen LogP contribution in [0.4, 0.5) is 0 Å². The predicted molar refractivity (Wildman–Crippen MR) is 83.3 cm³/mol. The van der Waals surface area contributed by atoms with E-state index in [2.05, 4.69) is 15.6 Å². The van der Waals surface area contributed by atoms with E-state index < -0.39 is 0 Å². The first-order valence-electron chi connectivity index (χ1n) is 6.64. The fourth-order valence-corrected chi connectivity index (χ4v) is 2.50. The van der Waals surface area contributed by atoms with Gasteiger partial charge in [0, 0.05) is 5.02 Å². The monoisotopic (exact) mass is 306 g/mol. The molecule has 1 aromatic carbocycles. The number of halogens is 1. The van der Waals surface area contributed by atoms with Crippen LogP contribution in [0.15, 0.2) is 24.3 Å². The Morgan fingerprint density at radius 3 is 2.71 bits per heavy atom. The normalized spacial score (nSPS) is 12.2. The minimum Gasteiger partial charge on any atom is -0.496 e. The van der Waals surface area contributed by atoms with E-state index in [1.807, 2.05) is 32.0 Å². The van der Waals surface area contributed by atoms with Crippen molar-refractivity contribution in [3.63, 3.8) is 0 Å². The van der Waals surface area contributed by atoms with Gasteiger partial charge in [0.05, 0.1) is 24.5 Å². The Balaban J connectivity index is 2.35. The first-order valence-corrected chi connectivity index (χ1v) is 7.02. The number of aromatic nitrogens is 2. The van der Waals surface area contributed by atoms with Crippen LogP contribution in [-0.4, -0.2) is 17.3 Å². The number of rotatable bonds is 5. The van der Waals surface area contributed by atoms with Gasteiger partial charge in [0.2, 0.25) is 0 Å². The fraction of sp³-hybridized carbons (Fsp3) is 0.333. The largest absolute Gasteiger partial charge is 0.496 e. The molecule has 21 heavy (non-hydrogen) atoms. The molecule has 0 bridgehead atoms. The van der Waals surface area contributed by atoms with Crippen LogP contribution in [-0.2, 0) is 6.42 Å². The molecule has 1 heterocycles. The van der Waals surface area contributed by atoms with E-state index in [1.54, 1.807) is 13.2 Å². The standard InChI is InChI=1S/C15H19ClN4O/c1-9-6-13(10(2)20-19-9)14(18-17)8-11-7-12(16)4-5-15(11)21-3/h4-7,14,18H,8,17H2,1-3H3. The first kappa shape index (κ1) is 15.7. The maximum Gasteiger partial charge on any atom is 0.122 e. The highest BCUT2D eigenvalue weighted by atomic mass is 35.5. The van der Waals surface area contributed by atoms with Gasteiger partial charge >= 0.3 is 0 Å². The summed E-state index contributed by atoms with van der Waals surface area (Å²) in [6.07, 6.45) is 0.645. The molecule has 0 amide bonds. The molecule has 1 aromatic heterocycles. The Bertz CT molecular complexity index is 633. The zero-order valence-corrected chi connectivity index (χ0v) is 13.1. The molecule has 0 aliphatic heterocycles. The van der Waals surface area contributed by atoms with E-state index in [-0.39, 0.29) is 6.04 Å². The second-order valence-electron chi connectivity index (χ2n) is 4.91. The molecule has 0 spiro atoms. The van der Waals surface area contributed by atoms with Crippen LogP contribution in [0.3, 0.4) is 0 Å². The van der Waals surface area contributed by atoms with Crippen LogP contribution in [0.25, 0.3) is 0 Å². The Morgan fingerprint density at radius 1 is 1.29 bits per heavy atom. The third-order valence-electron chi connectivity index (χ3n) is 3.38. The lowest BCUT2D eigenvalue weighted by Crippen LogP contribution is -2.30. The molecule has 112 valence electrons. The molecule has 3 N–H and O–H groups in total. The van der Waals surface area contributed by atoms with Crippen LogP contribution in [0.5, 0.6) is 5.75 Å². The van der Waals surface area contributed by atoms with Gasteiger partial charge < -0.3 is 4.74 Å². The molecule has 0 radical (unpaired) electrons. The second kappa shape index (κ2) is 6.85. The van der Waals surface area contributed by atoms with E-state index >= 15 is 0 Å². The molecular formula is C15H19ClN4O. The summed E-state index contributed by atoms with van der Waals surface area (Å²) in [5.41, 5.74) is 6.55. The number of hydrogen-bond donors (Lipinski definition) is 2. The molecule has 0 saturated carbocycles. The number of methoxy groups -OCH3 is 1. The Labute approximate surface area is 129 Å². The number of aryl methyl sites for hydroxylation is 2. The maximum absolute atomic E-state index is 6.07. The lowest BCUT2D eigenvalue weighted by atomic mass is 9.97. The lowest BCUT2D eigenvalue weighted by Gasteiger charge is -2.19. The number of nitrogens with two attached hydrogens (primary N) is 1. The molecule has 6 heteroatoms. The number of hydrogen-bond acceptors (Lipinski definition) is 5. The predicted octanol–water partition coefficient (Wildman–Crippen LogP) is 2.50. The average molecular weight is 307 g/mol. The summed E-state index contributed by atoms with van der Waals surface area (Å²) >= 11 is 6.07. The van der Waals surface area contributed by atoms with Crippen molar-refractivity contribution in [3.8, 4) is 5.75 Å². The summed E-state index contributed by atoms with van der Waals surface area (Å²) in [5.74, 6) is 6.52. The van der Waals surface area contributed by atoms with Crippen LogP contribution in [0.1, 0.15) is 28.6 Å². The summed E-state index contributed by atoms with van der Waals surface area (Å²) in [6.45, 7) is 3.82. The zero-order valence-electron chi connectivity index (χ0n) is 12.4. The number of benzene rings is 1. The SMILES string of the molecule is COc1ccc(Cl)cc1CC(NN)c1cc(C)nnc1C. The molecule has 0 aliphatic rings. The molecule has 0 saturated heterocycles.